The lowest BCUT2D eigenvalue weighted by Gasteiger charge is -2.13. The predicted octanol–water partition coefficient (Wildman–Crippen LogP) is 6.24. The van der Waals surface area contributed by atoms with Gasteiger partial charge in [-0.3, -0.25) is 4.79 Å². The first-order valence-corrected chi connectivity index (χ1v) is 10.9. The van der Waals surface area contributed by atoms with E-state index in [0.717, 1.165) is 12.1 Å². The molecule has 0 unspecified atom stereocenters. The standard InChI is InChI=1S/C27H23F3N2O4/c1-3-35-23-10-8-22(9-11-23)32-26(33)20(16-31)13-18-7-12-24(34-2)25(15-18)36-17-19-5-4-6-21(14-19)27(28,29)30/h4-15H,3,17H2,1-2H3,(H,32,33). The quantitative estimate of drug-likeness (QED) is 0.280. The zero-order chi connectivity index (χ0) is 26.1. The number of halogens is 3. The highest BCUT2D eigenvalue weighted by Gasteiger charge is 2.30. The Morgan fingerprint density at radius 2 is 1.78 bits per heavy atom. The monoisotopic (exact) mass is 496 g/mol. The molecule has 0 atom stereocenters. The first-order valence-electron chi connectivity index (χ1n) is 10.9. The van der Waals surface area contributed by atoms with E-state index in [1.54, 1.807) is 36.4 Å². The van der Waals surface area contributed by atoms with Crippen molar-refractivity contribution in [2.75, 3.05) is 19.0 Å². The highest BCUT2D eigenvalue weighted by Crippen LogP contribution is 2.32. The molecule has 1 N–H and O–H groups in total. The highest BCUT2D eigenvalue weighted by atomic mass is 19.4. The van der Waals surface area contributed by atoms with Crippen LogP contribution < -0.4 is 19.5 Å². The fraction of sp³-hybridized carbons (Fsp3) is 0.185. The number of carbonyl (C=O) groups excluding carboxylic acids is 1. The number of hydrogen-bond donors (Lipinski definition) is 1. The minimum absolute atomic E-state index is 0.142. The van der Waals surface area contributed by atoms with Crippen molar-refractivity contribution in [3.05, 3.63) is 89.0 Å². The van der Waals surface area contributed by atoms with Crippen LogP contribution in [0.3, 0.4) is 0 Å². The number of methoxy groups -OCH3 is 1. The minimum atomic E-state index is -4.46. The van der Waals surface area contributed by atoms with E-state index in [9.17, 15) is 23.2 Å². The molecule has 0 spiro atoms. The molecule has 36 heavy (non-hydrogen) atoms. The van der Waals surface area contributed by atoms with E-state index < -0.39 is 17.6 Å². The molecule has 6 nitrogen and oxygen atoms in total. The second-order valence-corrected chi connectivity index (χ2v) is 7.48. The maximum absolute atomic E-state index is 13.0. The van der Waals surface area contributed by atoms with E-state index in [-0.39, 0.29) is 17.9 Å². The summed E-state index contributed by atoms with van der Waals surface area (Å²) >= 11 is 0. The molecule has 0 aliphatic carbocycles. The van der Waals surface area contributed by atoms with Crippen molar-refractivity contribution in [3.63, 3.8) is 0 Å². The van der Waals surface area contributed by atoms with E-state index in [4.69, 9.17) is 14.2 Å². The van der Waals surface area contributed by atoms with Crippen LogP contribution in [0.25, 0.3) is 6.08 Å². The van der Waals surface area contributed by atoms with Crippen LogP contribution in [0.5, 0.6) is 17.2 Å². The van der Waals surface area contributed by atoms with E-state index in [1.165, 1.54) is 31.4 Å². The van der Waals surface area contributed by atoms with Gasteiger partial charge in [0.1, 0.15) is 24.0 Å². The molecule has 0 saturated carbocycles. The second-order valence-electron chi connectivity index (χ2n) is 7.48. The van der Waals surface area contributed by atoms with Crippen LogP contribution in [0, 0.1) is 11.3 Å². The van der Waals surface area contributed by atoms with Crippen LogP contribution in [-0.2, 0) is 17.6 Å². The van der Waals surface area contributed by atoms with Gasteiger partial charge in [-0.15, -0.1) is 0 Å². The van der Waals surface area contributed by atoms with Crippen molar-refractivity contribution < 1.29 is 32.2 Å². The summed E-state index contributed by atoms with van der Waals surface area (Å²) in [7, 11) is 1.42. The topological polar surface area (TPSA) is 80.6 Å². The van der Waals surface area contributed by atoms with Gasteiger partial charge < -0.3 is 19.5 Å². The molecule has 0 fully saturated rings. The van der Waals surface area contributed by atoms with Crippen molar-refractivity contribution in [1.82, 2.24) is 0 Å². The van der Waals surface area contributed by atoms with E-state index in [1.807, 2.05) is 13.0 Å². The van der Waals surface area contributed by atoms with Gasteiger partial charge in [0, 0.05) is 5.69 Å². The van der Waals surface area contributed by atoms with Crippen molar-refractivity contribution in [2.45, 2.75) is 19.7 Å². The Labute approximate surface area is 206 Å². The van der Waals surface area contributed by atoms with Crippen LogP contribution in [0.15, 0.2) is 72.3 Å². The van der Waals surface area contributed by atoms with Gasteiger partial charge in [-0.2, -0.15) is 18.4 Å². The SMILES string of the molecule is CCOc1ccc(NC(=O)C(C#N)=Cc2ccc(OC)c(OCc3cccc(C(F)(F)F)c3)c2)cc1. The minimum Gasteiger partial charge on any atom is -0.494 e. The number of amides is 1. The molecule has 0 aliphatic rings. The van der Waals surface area contributed by atoms with Gasteiger partial charge in [-0.1, -0.05) is 18.2 Å². The molecule has 0 aliphatic heterocycles. The van der Waals surface area contributed by atoms with Crippen LogP contribution in [-0.4, -0.2) is 19.6 Å². The number of nitrogens with one attached hydrogen (secondary N) is 1. The van der Waals surface area contributed by atoms with Crippen molar-refractivity contribution in [1.29, 1.82) is 5.26 Å². The Morgan fingerprint density at radius 1 is 1.03 bits per heavy atom. The maximum atomic E-state index is 13.0. The third kappa shape index (κ3) is 7.03. The molecule has 3 aromatic carbocycles. The number of nitriles is 1. The Bertz CT molecular complexity index is 1280. The number of anilines is 1. The first kappa shape index (κ1) is 26.2. The number of alkyl halides is 3. The van der Waals surface area contributed by atoms with Crippen molar-refractivity contribution >= 4 is 17.7 Å². The molecule has 0 heterocycles. The van der Waals surface area contributed by atoms with E-state index in [0.29, 0.717) is 34.9 Å². The normalized spacial score (nSPS) is 11.4. The molecule has 9 heteroatoms. The van der Waals surface area contributed by atoms with Crippen molar-refractivity contribution in [3.8, 4) is 23.3 Å². The lowest BCUT2D eigenvalue weighted by molar-refractivity contribution is -0.137. The first-order chi connectivity index (χ1) is 17.2. The molecule has 0 aromatic heterocycles. The summed E-state index contributed by atoms with van der Waals surface area (Å²) in [5.41, 5.74) is 0.347. The van der Waals surface area contributed by atoms with Gasteiger partial charge in [0.2, 0.25) is 0 Å². The van der Waals surface area contributed by atoms with Crippen LogP contribution in [0.1, 0.15) is 23.6 Å². The van der Waals surface area contributed by atoms with Gasteiger partial charge in [0.25, 0.3) is 5.91 Å². The number of benzene rings is 3. The molecule has 3 aromatic rings. The molecule has 3 rings (SSSR count). The average molecular weight is 496 g/mol. The Balaban J connectivity index is 1.76. The van der Waals surface area contributed by atoms with Crippen molar-refractivity contribution in [2.24, 2.45) is 0 Å². The van der Waals surface area contributed by atoms with Crippen LogP contribution >= 0.6 is 0 Å². The molecule has 0 saturated heterocycles. The summed E-state index contributed by atoms with van der Waals surface area (Å²) < 4.78 is 55.3. The Morgan fingerprint density at radius 3 is 2.42 bits per heavy atom. The summed E-state index contributed by atoms with van der Waals surface area (Å²) in [5.74, 6) is 0.635. The summed E-state index contributed by atoms with van der Waals surface area (Å²) in [5, 5.41) is 12.2. The zero-order valence-corrected chi connectivity index (χ0v) is 19.6. The number of rotatable bonds is 9. The number of ether oxygens (including phenoxy) is 3. The van der Waals surface area contributed by atoms with E-state index >= 15 is 0 Å². The van der Waals surface area contributed by atoms with Gasteiger partial charge in [0.15, 0.2) is 11.5 Å². The molecule has 1 amide bonds. The number of nitrogens with zero attached hydrogens (tertiary/aromatic N) is 1. The highest BCUT2D eigenvalue weighted by molar-refractivity contribution is 6.09. The number of carbonyl (C=O) groups is 1. The fourth-order valence-electron chi connectivity index (χ4n) is 3.21. The second kappa shape index (κ2) is 11.8. The van der Waals surface area contributed by atoms with Gasteiger partial charge in [0.05, 0.1) is 19.3 Å². The van der Waals surface area contributed by atoms with Crippen LogP contribution in [0.4, 0.5) is 18.9 Å². The Kier molecular flexibility index (Phi) is 8.57. The fourth-order valence-corrected chi connectivity index (χ4v) is 3.21. The maximum Gasteiger partial charge on any atom is 0.416 e. The smallest absolute Gasteiger partial charge is 0.416 e. The average Bonchev–Trinajstić information content (AvgIpc) is 2.87. The largest absolute Gasteiger partial charge is 0.494 e. The lowest BCUT2D eigenvalue weighted by atomic mass is 10.1. The molecular formula is C27H23F3N2O4. The third-order valence-corrected chi connectivity index (χ3v) is 4.94. The Hall–Kier alpha value is -4.45. The van der Waals surface area contributed by atoms with E-state index in [2.05, 4.69) is 5.32 Å². The lowest BCUT2D eigenvalue weighted by Crippen LogP contribution is -2.13. The third-order valence-electron chi connectivity index (χ3n) is 4.94. The summed E-state index contributed by atoms with van der Waals surface area (Å²) in [4.78, 5) is 12.6. The van der Waals surface area contributed by atoms with Crippen LogP contribution in [0.2, 0.25) is 0 Å². The molecule has 0 radical (unpaired) electrons. The molecule has 0 bridgehead atoms. The summed E-state index contributed by atoms with van der Waals surface area (Å²) in [6.07, 6.45) is -3.08. The molecule has 186 valence electrons. The number of hydrogen-bond acceptors (Lipinski definition) is 5. The van der Waals surface area contributed by atoms with Gasteiger partial charge >= 0.3 is 6.18 Å². The van der Waals surface area contributed by atoms with Gasteiger partial charge in [-0.25, -0.2) is 0 Å². The molecular weight excluding hydrogens is 473 g/mol. The summed E-state index contributed by atoms with van der Waals surface area (Å²) in [6, 6.07) is 18.1. The zero-order valence-electron chi connectivity index (χ0n) is 19.6. The predicted molar refractivity (Wildman–Crippen MR) is 129 cm³/mol. The summed E-state index contributed by atoms with van der Waals surface area (Å²) in [6.45, 7) is 2.23. The van der Waals surface area contributed by atoms with Gasteiger partial charge in [-0.05, 0) is 72.7 Å².